The number of ketones is 2. The van der Waals surface area contributed by atoms with Gasteiger partial charge >= 0.3 is 11.9 Å². The van der Waals surface area contributed by atoms with E-state index < -0.39 is 57.9 Å². The van der Waals surface area contributed by atoms with Crippen LogP contribution in [0.5, 0.6) is 0 Å². The van der Waals surface area contributed by atoms with Crippen molar-refractivity contribution in [1.29, 1.82) is 0 Å². The van der Waals surface area contributed by atoms with Gasteiger partial charge in [0.05, 0.1) is 24.5 Å². The monoisotopic (exact) mass is 416 g/mol. The first-order valence-corrected chi connectivity index (χ1v) is 10.4. The van der Waals surface area contributed by atoms with Crippen molar-refractivity contribution >= 4 is 23.5 Å². The Hall–Kier alpha value is -2.48. The Morgan fingerprint density at radius 2 is 2.07 bits per heavy atom. The van der Waals surface area contributed by atoms with Crippen LogP contribution in [0.4, 0.5) is 0 Å². The predicted octanol–water partition coefficient (Wildman–Crippen LogP) is 2.16. The fourth-order valence-electron chi connectivity index (χ4n) is 6.35. The largest absolute Gasteiger partial charge is 0.472 e. The molecule has 3 heterocycles. The molecule has 0 amide bonds. The molecule has 0 N–H and O–H groups in total. The van der Waals surface area contributed by atoms with Gasteiger partial charge < -0.3 is 18.6 Å². The van der Waals surface area contributed by atoms with E-state index in [0.717, 1.165) is 12.0 Å². The molecule has 30 heavy (non-hydrogen) atoms. The summed E-state index contributed by atoms with van der Waals surface area (Å²) in [6.45, 7) is 2.97. The zero-order valence-electron chi connectivity index (χ0n) is 17.0. The number of esters is 2. The van der Waals surface area contributed by atoms with Crippen LogP contribution in [-0.4, -0.2) is 42.3 Å². The van der Waals surface area contributed by atoms with Crippen molar-refractivity contribution in [2.45, 2.75) is 51.2 Å². The lowest BCUT2D eigenvalue weighted by atomic mass is 9.43. The molecular formula is C22H24O8. The minimum atomic E-state index is -1.36. The van der Waals surface area contributed by atoms with Crippen LogP contribution in [0.25, 0.3) is 0 Å². The summed E-state index contributed by atoms with van der Waals surface area (Å²) in [6, 6.07) is 1.73. The summed E-state index contributed by atoms with van der Waals surface area (Å²) in [4.78, 5) is 51.9. The molecule has 2 aliphatic carbocycles. The lowest BCUT2D eigenvalue weighted by molar-refractivity contribution is -0.191. The second kappa shape index (κ2) is 6.26. The molecule has 1 aromatic heterocycles. The van der Waals surface area contributed by atoms with Gasteiger partial charge in [0.15, 0.2) is 0 Å². The van der Waals surface area contributed by atoms with E-state index in [1.807, 2.05) is 0 Å². The maximum absolute atomic E-state index is 13.5. The Morgan fingerprint density at radius 3 is 2.70 bits per heavy atom. The van der Waals surface area contributed by atoms with Crippen LogP contribution in [0.2, 0.25) is 0 Å². The molecule has 8 heteroatoms. The number of carbonyl (C=O) groups excluding carboxylic acids is 4. The normalized spacial score (nSPS) is 42.3. The summed E-state index contributed by atoms with van der Waals surface area (Å²) in [5, 5.41) is 0. The summed E-state index contributed by atoms with van der Waals surface area (Å²) in [6.07, 6.45) is 4.66. The number of Topliss-reactive ketones (excluding diaryl/α,β-unsaturated/α-hetero) is 2. The summed E-state index contributed by atoms with van der Waals surface area (Å²) in [5.74, 6) is -3.53. The van der Waals surface area contributed by atoms with E-state index in [4.69, 9.17) is 18.6 Å². The minimum Gasteiger partial charge on any atom is -0.472 e. The van der Waals surface area contributed by atoms with E-state index in [1.54, 1.807) is 13.0 Å². The van der Waals surface area contributed by atoms with E-state index in [0.29, 0.717) is 19.4 Å². The number of furan rings is 1. The number of ether oxygens (including phenoxy) is 3. The summed E-state index contributed by atoms with van der Waals surface area (Å²) >= 11 is 0. The van der Waals surface area contributed by atoms with Gasteiger partial charge in [-0.15, -0.1) is 0 Å². The lowest BCUT2D eigenvalue weighted by Crippen LogP contribution is -2.69. The molecule has 4 fully saturated rings. The highest BCUT2D eigenvalue weighted by atomic mass is 16.6. The van der Waals surface area contributed by atoms with Crippen LogP contribution in [0, 0.1) is 22.7 Å². The SMILES string of the molecule is CC(=O)OCC12C(=O)C(=O)[C@@H](C)[C@]3(CC(c4ccoc4)OC3=O)[C@H]1CCC[C@]21CO1. The van der Waals surface area contributed by atoms with Crippen molar-refractivity contribution in [3.05, 3.63) is 24.2 Å². The molecule has 2 saturated heterocycles. The van der Waals surface area contributed by atoms with Crippen LogP contribution in [-0.2, 0) is 33.4 Å². The molecule has 2 aliphatic heterocycles. The molecular weight excluding hydrogens is 392 g/mol. The first-order chi connectivity index (χ1) is 14.3. The molecule has 6 atom stereocenters. The Kier molecular flexibility index (Phi) is 4.07. The third-order valence-electron chi connectivity index (χ3n) is 7.96. The van der Waals surface area contributed by atoms with E-state index in [2.05, 4.69) is 0 Å². The number of hydrogen-bond donors (Lipinski definition) is 0. The predicted molar refractivity (Wildman–Crippen MR) is 98.9 cm³/mol. The van der Waals surface area contributed by atoms with Crippen LogP contribution < -0.4 is 0 Å². The molecule has 160 valence electrons. The van der Waals surface area contributed by atoms with Gasteiger partial charge in [0.1, 0.15) is 23.7 Å². The topological polar surface area (TPSA) is 112 Å². The number of cyclic esters (lactones) is 1. The van der Waals surface area contributed by atoms with Gasteiger partial charge in [-0.3, -0.25) is 19.2 Å². The third-order valence-corrected chi connectivity index (χ3v) is 7.96. The lowest BCUT2D eigenvalue weighted by Gasteiger charge is -2.56. The Balaban J connectivity index is 1.65. The highest BCUT2D eigenvalue weighted by Gasteiger charge is 2.80. The maximum Gasteiger partial charge on any atom is 0.313 e. The van der Waals surface area contributed by atoms with Gasteiger partial charge in [-0.25, -0.2) is 0 Å². The third kappa shape index (κ3) is 2.25. The quantitative estimate of drug-likeness (QED) is 0.419. The van der Waals surface area contributed by atoms with Crippen molar-refractivity contribution in [1.82, 2.24) is 0 Å². The number of hydrogen-bond acceptors (Lipinski definition) is 8. The Morgan fingerprint density at radius 1 is 1.30 bits per heavy atom. The molecule has 2 saturated carbocycles. The van der Waals surface area contributed by atoms with Gasteiger partial charge in [-0.05, 0) is 24.8 Å². The molecule has 0 aromatic carbocycles. The smallest absolute Gasteiger partial charge is 0.313 e. The second-order valence-corrected chi connectivity index (χ2v) is 9.09. The van der Waals surface area contributed by atoms with Crippen LogP contribution in [0.3, 0.4) is 0 Å². The van der Waals surface area contributed by atoms with E-state index >= 15 is 0 Å². The summed E-state index contributed by atoms with van der Waals surface area (Å²) in [5.41, 5.74) is -2.67. The number of rotatable bonds is 3. The first kappa shape index (κ1) is 19.5. The van der Waals surface area contributed by atoms with Crippen molar-refractivity contribution in [2.24, 2.45) is 22.7 Å². The molecule has 4 aliphatic rings. The van der Waals surface area contributed by atoms with Gasteiger partial charge in [0, 0.05) is 24.8 Å². The van der Waals surface area contributed by atoms with E-state index in [9.17, 15) is 19.2 Å². The van der Waals surface area contributed by atoms with Gasteiger partial charge in [0.25, 0.3) is 0 Å². The fraction of sp³-hybridized carbons (Fsp3) is 0.636. The molecule has 0 bridgehead atoms. The van der Waals surface area contributed by atoms with Gasteiger partial charge in [0.2, 0.25) is 11.6 Å². The number of epoxide rings is 1. The van der Waals surface area contributed by atoms with E-state index in [-0.39, 0.29) is 13.0 Å². The highest BCUT2D eigenvalue weighted by Crippen LogP contribution is 2.69. The Bertz CT molecular complexity index is 929. The van der Waals surface area contributed by atoms with Crippen LogP contribution >= 0.6 is 0 Å². The molecule has 0 radical (unpaired) electrons. The molecule has 1 aromatic rings. The molecule has 2 unspecified atom stereocenters. The first-order valence-electron chi connectivity index (χ1n) is 10.4. The second-order valence-electron chi connectivity index (χ2n) is 9.09. The van der Waals surface area contributed by atoms with Crippen molar-refractivity contribution in [3.8, 4) is 0 Å². The van der Waals surface area contributed by atoms with Crippen molar-refractivity contribution < 1.29 is 37.8 Å². The Labute approximate surface area is 173 Å². The molecule has 2 spiro atoms. The van der Waals surface area contributed by atoms with Gasteiger partial charge in [-0.1, -0.05) is 13.3 Å². The molecule has 8 nitrogen and oxygen atoms in total. The minimum absolute atomic E-state index is 0.254. The average molecular weight is 416 g/mol. The van der Waals surface area contributed by atoms with Gasteiger partial charge in [-0.2, -0.15) is 0 Å². The summed E-state index contributed by atoms with van der Waals surface area (Å²) in [7, 11) is 0. The molecule has 5 rings (SSSR count). The number of carbonyl (C=O) groups is 4. The zero-order chi connectivity index (χ0) is 21.3. The fourth-order valence-corrected chi connectivity index (χ4v) is 6.35. The van der Waals surface area contributed by atoms with Crippen LogP contribution in [0.1, 0.15) is 51.2 Å². The van der Waals surface area contributed by atoms with Crippen molar-refractivity contribution in [2.75, 3.05) is 13.2 Å². The van der Waals surface area contributed by atoms with Crippen molar-refractivity contribution in [3.63, 3.8) is 0 Å². The zero-order valence-corrected chi connectivity index (χ0v) is 17.0. The highest BCUT2D eigenvalue weighted by molar-refractivity contribution is 6.42. The standard InChI is InChI=1S/C22H24O8/c1-12-17(24)18(25)22(11-28-13(2)23)16(4-3-6-20(22)10-29-20)21(12)8-15(30-19(21)26)14-5-7-27-9-14/h5,7,9,12,15-16H,3-4,6,8,10-11H2,1-2H3/t12-,15?,16-,20+,21-,22?/m1/s1. The summed E-state index contributed by atoms with van der Waals surface area (Å²) < 4.78 is 22.0. The maximum atomic E-state index is 13.5. The van der Waals surface area contributed by atoms with E-state index in [1.165, 1.54) is 19.5 Å². The average Bonchev–Trinajstić information content (AvgIpc) is 3.15. The number of fused-ring (bicyclic) bond motifs is 3. The van der Waals surface area contributed by atoms with Crippen LogP contribution in [0.15, 0.2) is 23.0 Å².